The first-order chi connectivity index (χ1) is 6.69. The summed E-state index contributed by atoms with van der Waals surface area (Å²) in [4.78, 5) is 10.2. The minimum Gasteiger partial charge on any atom is -0.355 e. The van der Waals surface area contributed by atoms with Crippen molar-refractivity contribution in [3.8, 4) is 0 Å². The molecule has 0 unspecified atom stereocenters. The molecule has 0 aromatic heterocycles. The normalized spacial score (nSPS) is 9.93. The molecule has 0 saturated heterocycles. The van der Waals surface area contributed by atoms with Crippen LogP contribution in [0.4, 0.5) is 0 Å². The third-order valence-corrected chi connectivity index (χ3v) is 2.53. The van der Waals surface area contributed by atoms with E-state index in [0.717, 1.165) is 12.8 Å². The fourth-order valence-electron chi connectivity index (χ4n) is 1.71. The Balaban J connectivity index is 2.98. The molecule has 1 rings (SSSR count). The van der Waals surface area contributed by atoms with Gasteiger partial charge in [-0.2, -0.15) is 0 Å². The average molecular weight is 191 g/mol. The van der Waals surface area contributed by atoms with E-state index >= 15 is 0 Å². The number of hydrogen-bond donors (Lipinski definition) is 1. The number of carbonyl (C=O) groups excluding carboxylic acids is 1. The minimum atomic E-state index is 0.630. The quantitative estimate of drug-likeness (QED) is 0.726. The van der Waals surface area contributed by atoms with Crippen molar-refractivity contribution in [1.82, 2.24) is 5.32 Å². The van der Waals surface area contributed by atoms with E-state index in [-0.39, 0.29) is 0 Å². The van der Waals surface area contributed by atoms with Gasteiger partial charge in [0.05, 0.1) is 0 Å². The van der Waals surface area contributed by atoms with Gasteiger partial charge in [-0.15, -0.1) is 0 Å². The number of aryl methyl sites for hydroxylation is 3. The van der Waals surface area contributed by atoms with Gasteiger partial charge in [0.25, 0.3) is 0 Å². The number of benzene rings is 1. The summed E-state index contributed by atoms with van der Waals surface area (Å²) in [6, 6.07) is 4.38. The number of nitrogens with one attached hydrogen (secondary N) is 1. The second-order valence-electron chi connectivity index (χ2n) is 3.56. The molecule has 1 aromatic rings. The number of carbonyl (C=O) groups is 1. The van der Waals surface area contributed by atoms with Crippen molar-refractivity contribution in [3.63, 3.8) is 0 Å². The summed E-state index contributed by atoms with van der Waals surface area (Å²) in [5.41, 5.74) is 5.11. The minimum absolute atomic E-state index is 0.630. The van der Waals surface area contributed by atoms with E-state index in [1.807, 2.05) is 0 Å². The number of hydrogen-bond acceptors (Lipinski definition) is 1. The van der Waals surface area contributed by atoms with Crippen LogP contribution >= 0.6 is 0 Å². The Hall–Kier alpha value is -1.31. The maximum absolute atomic E-state index is 10.2. The fourth-order valence-corrected chi connectivity index (χ4v) is 1.71. The van der Waals surface area contributed by atoms with Crippen molar-refractivity contribution in [1.29, 1.82) is 0 Å². The highest BCUT2D eigenvalue weighted by molar-refractivity contribution is 5.47. The van der Waals surface area contributed by atoms with Crippen LogP contribution < -0.4 is 5.32 Å². The molecule has 1 aromatic carbocycles. The van der Waals surface area contributed by atoms with Crippen LogP contribution in [-0.2, 0) is 17.8 Å². The summed E-state index contributed by atoms with van der Waals surface area (Å²) in [5.74, 6) is 0. The lowest BCUT2D eigenvalue weighted by Crippen LogP contribution is -2.12. The Morgan fingerprint density at radius 1 is 1.29 bits per heavy atom. The average Bonchev–Trinajstić information content (AvgIpc) is 2.16. The Morgan fingerprint density at radius 2 is 1.86 bits per heavy atom. The molecule has 0 aliphatic carbocycles. The van der Waals surface area contributed by atoms with Gasteiger partial charge in [0.1, 0.15) is 0 Å². The third kappa shape index (κ3) is 2.34. The Morgan fingerprint density at radius 3 is 2.29 bits per heavy atom. The zero-order valence-electron chi connectivity index (χ0n) is 9.05. The Bertz CT molecular complexity index is 308. The first kappa shape index (κ1) is 10.8. The molecule has 76 valence electrons. The molecule has 1 amide bonds. The summed E-state index contributed by atoms with van der Waals surface area (Å²) < 4.78 is 0. The van der Waals surface area contributed by atoms with E-state index in [0.29, 0.717) is 6.54 Å². The van der Waals surface area contributed by atoms with Gasteiger partial charge in [0, 0.05) is 6.54 Å². The second-order valence-corrected chi connectivity index (χ2v) is 3.56. The molecular formula is C12H17NO. The van der Waals surface area contributed by atoms with Crippen LogP contribution in [0.5, 0.6) is 0 Å². The molecular weight excluding hydrogens is 174 g/mol. The van der Waals surface area contributed by atoms with Crippen molar-refractivity contribution in [3.05, 3.63) is 34.4 Å². The van der Waals surface area contributed by atoms with Gasteiger partial charge in [-0.25, -0.2) is 0 Å². The number of rotatable bonds is 4. The van der Waals surface area contributed by atoms with Crippen LogP contribution in [0, 0.1) is 13.8 Å². The lowest BCUT2D eigenvalue weighted by atomic mass is 9.98. The summed E-state index contributed by atoms with van der Waals surface area (Å²) in [6.07, 6.45) is 1.80. The van der Waals surface area contributed by atoms with Gasteiger partial charge in [0.2, 0.25) is 6.41 Å². The van der Waals surface area contributed by atoms with Crippen molar-refractivity contribution >= 4 is 6.41 Å². The molecule has 0 fully saturated rings. The smallest absolute Gasteiger partial charge is 0.207 e. The molecule has 2 heteroatoms. The van der Waals surface area contributed by atoms with E-state index in [1.54, 1.807) is 0 Å². The van der Waals surface area contributed by atoms with Gasteiger partial charge in [-0.1, -0.05) is 19.1 Å². The molecule has 14 heavy (non-hydrogen) atoms. The molecule has 0 heterocycles. The predicted molar refractivity (Wildman–Crippen MR) is 58.2 cm³/mol. The van der Waals surface area contributed by atoms with Gasteiger partial charge in [-0.3, -0.25) is 4.79 Å². The zero-order chi connectivity index (χ0) is 10.6. The van der Waals surface area contributed by atoms with E-state index in [2.05, 4.69) is 38.2 Å². The summed E-state index contributed by atoms with van der Waals surface area (Å²) in [7, 11) is 0. The van der Waals surface area contributed by atoms with Crippen LogP contribution in [0.15, 0.2) is 12.1 Å². The lowest BCUT2D eigenvalue weighted by Gasteiger charge is -2.11. The molecule has 0 aliphatic heterocycles. The first-order valence-corrected chi connectivity index (χ1v) is 4.95. The molecule has 0 bridgehead atoms. The highest BCUT2D eigenvalue weighted by Crippen LogP contribution is 2.16. The molecule has 0 radical (unpaired) electrons. The molecule has 0 saturated carbocycles. The van der Waals surface area contributed by atoms with E-state index in [4.69, 9.17) is 0 Å². The zero-order valence-corrected chi connectivity index (χ0v) is 9.05. The third-order valence-electron chi connectivity index (χ3n) is 2.53. The highest BCUT2D eigenvalue weighted by Gasteiger charge is 2.03. The lowest BCUT2D eigenvalue weighted by molar-refractivity contribution is -0.109. The fraction of sp³-hybridized carbons (Fsp3) is 0.417. The van der Waals surface area contributed by atoms with Gasteiger partial charge in [0.15, 0.2) is 0 Å². The van der Waals surface area contributed by atoms with Crippen molar-refractivity contribution in [2.24, 2.45) is 0 Å². The second kappa shape index (κ2) is 4.80. The van der Waals surface area contributed by atoms with Crippen LogP contribution in [0.2, 0.25) is 0 Å². The predicted octanol–water partition coefficient (Wildman–Crippen LogP) is 2.11. The van der Waals surface area contributed by atoms with Crippen molar-refractivity contribution in [2.75, 3.05) is 0 Å². The van der Waals surface area contributed by atoms with Crippen molar-refractivity contribution in [2.45, 2.75) is 33.7 Å². The molecule has 1 N–H and O–H groups in total. The topological polar surface area (TPSA) is 29.1 Å². The Kier molecular flexibility index (Phi) is 3.69. The van der Waals surface area contributed by atoms with Gasteiger partial charge < -0.3 is 5.32 Å². The monoisotopic (exact) mass is 191 g/mol. The van der Waals surface area contributed by atoms with Gasteiger partial charge in [-0.05, 0) is 42.5 Å². The maximum Gasteiger partial charge on any atom is 0.207 e. The van der Waals surface area contributed by atoms with Crippen LogP contribution in [0.3, 0.4) is 0 Å². The van der Waals surface area contributed by atoms with Crippen LogP contribution in [0.25, 0.3) is 0 Å². The summed E-state index contributed by atoms with van der Waals surface area (Å²) in [6.45, 7) is 6.96. The molecule has 2 nitrogen and oxygen atoms in total. The van der Waals surface area contributed by atoms with E-state index < -0.39 is 0 Å². The highest BCUT2D eigenvalue weighted by atomic mass is 16.1. The molecule has 0 spiro atoms. The standard InChI is InChI=1S/C12H17NO/c1-4-11-5-9(2)12(7-13-8-14)10(3)6-11/h5-6,8H,4,7H2,1-3H3,(H,13,14). The van der Waals surface area contributed by atoms with Crippen LogP contribution in [0.1, 0.15) is 29.2 Å². The summed E-state index contributed by atoms with van der Waals surface area (Å²) in [5, 5.41) is 2.70. The first-order valence-electron chi connectivity index (χ1n) is 4.95. The largest absolute Gasteiger partial charge is 0.355 e. The van der Waals surface area contributed by atoms with E-state index in [1.165, 1.54) is 22.3 Å². The maximum atomic E-state index is 10.2. The molecule has 0 aliphatic rings. The van der Waals surface area contributed by atoms with Gasteiger partial charge >= 0.3 is 0 Å². The van der Waals surface area contributed by atoms with Crippen molar-refractivity contribution < 1.29 is 4.79 Å². The Labute approximate surface area is 85.3 Å². The SMILES string of the molecule is CCc1cc(C)c(CNC=O)c(C)c1. The number of amides is 1. The van der Waals surface area contributed by atoms with Crippen LogP contribution in [-0.4, -0.2) is 6.41 Å². The summed E-state index contributed by atoms with van der Waals surface area (Å²) >= 11 is 0. The van der Waals surface area contributed by atoms with E-state index in [9.17, 15) is 4.79 Å². The molecule has 0 atom stereocenters.